The van der Waals surface area contributed by atoms with E-state index in [1.165, 1.54) is 7.11 Å². The number of benzene rings is 1. The van der Waals surface area contributed by atoms with E-state index in [0.717, 1.165) is 10.9 Å². The number of nitrogens with zero attached hydrogens (tertiary/aromatic N) is 1. The van der Waals surface area contributed by atoms with Crippen molar-refractivity contribution in [3.63, 3.8) is 0 Å². The molecule has 0 radical (unpaired) electrons. The van der Waals surface area contributed by atoms with Gasteiger partial charge in [0, 0.05) is 25.5 Å². The van der Waals surface area contributed by atoms with Crippen molar-refractivity contribution in [2.24, 2.45) is 0 Å². The summed E-state index contributed by atoms with van der Waals surface area (Å²) < 4.78 is 4.84. The number of amides is 1. The van der Waals surface area contributed by atoms with Crippen molar-refractivity contribution in [2.45, 2.75) is 18.9 Å². The standard InChI is InChI=1S/C14H17N3O4/c1-21-7-6-11(14(19)20)15-13(18)8-12-9-4-2-3-5-10(9)16-17-12/h2-5,11H,6-8H2,1H3,(H,15,18)(H,16,17)(H,19,20). The number of carboxylic acids is 1. The van der Waals surface area contributed by atoms with E-state index in [1.54, 1.807) is 0 Å². The molecule has 7 nitrogen and oxygen atoms in total. The van der Waals surface area contributed by atoms with Gasteiger partial charge in [-0.3, -0.25) is 9.89 Å². The summed E-state index contributed by atoms with van der Waals surface area (Å²) in [7, 11) is 1.48. The predicted molar refractivity (Wildman–Crippen MR) is 75.9 cm³/mol. The first-order valence-corrected chi connectivity index (χ1v) is 6.55. The van der Waals surface area contributed by atoms with Crippen LogP contribution in [0.1, 0.15) is 12.1 Å². The Hall–Kier alpha value is -2.41. The lowest BCUT2D eigenvalue weighted by molar-refractivity contribution is -0.142. The van der Waals surface area contributed by atoms with Gasteiger partial charge in [0.1, 0.15) is 6.04 Å². The monoisotopic (exact) mass is 291 g/mol. The average molecular weight is 291 g/mol. The Balaban J connectivity index is 2.02. The van der Waals surface area contributed by atoms with E-state index < -0.39 is 12.0 Å². The number of aliphatic carboxylic acids is 1. The Bertz CT molecular complexity index is 638. The molecule has 0 spiro atoms. The molecule has 1 heterocycles. The number of methoxy groups -OCH3 is 1. The number of para-hydroxylation sites is 1. The number of ether oxygens (including phenoxy) is 1. The second-order valence-electron chi connectivity index (χ2n) is 4.64. The Morgan fingerprint density at radius 2 is 2.19 bits per heavy atom. The molecule has 7 heteroatoms. The predicted octanol–water partition coefficient (Wildman–Crippen LogP) is 0.711. The minimum absolute atomic E-state index is 0.0529. The molecule has 2 aromatic rings. The van der Waals surface area contributed by atoms with Crippen LogP contribution in [0.2, 0.25) is 0 Å². The summed E-state index contributed by atoms with van der Waals surface area (Å²) in [6, 6.07) is 6.47. The zero-order chi connectivity index (χ0) is 15.2. The molecule has 0 fully saturated rings. The summed E-state index contributed by atoms with van der Waals surface area (Å²) in [5.41, 5.74) is 1.44. The highest BCUT2D eigenvalue weighted by Crippen LogP contribution is 2.15. The maximum absolute atomic E-state index is 12.0. The summed E-state index contributed by atoms with van der Waals surface area (Å²) in [6.07, 6.45) is 0.276. The third-order valence-electron chi connectivity index (χ3n) is 3.12. The lowest BCUT2D eigenvalue weighted by Gasteiger charge is -2.13. The number of carboxylic acid groups (broad SMARTS) is 1. The fourth-order valence-corrected chi connectivity index (χ4v) is 2.05. The molecule has 1 unspecified atom stereocenters. The van der Waals surface area contributed by atoms with Crippen LogP contribution in [0, 0.1) is 0 Å². The van der Waals surface area contributed by atoms with Crippen molar-refractivity contribution in [2.75, 3.05) is 13.7 Å². The van der Waals surface area contributed by atoms with Crippen LogP contribution in [0.3, 0.4) is 0 Å². The molecule has 112 valence electrons. The highest BCUT2D eigenvalue weighted by Gasteiger charge is 2.20. The number of H-pyrrole nitrogens is 1. The minimum atomic E-state index is -1.07. The minimum Gasteiger partial charge on any atom is -0.480 e. The number of aromatic amines is 1. The smallest absolute Gasteiger partial charge is 0.326 e. The van der Waals surface area contributed by atoms with E-state index >= 15 is 0 Å². The van der Waals surface area contributed by atoms with Gasteiger partial charge < -0.3 is 15.2 Å². The van der Waals surface area contributed by atoms with Gasteiger partial charge in [0.05, 0.1) is 17.6 Å². The lowest BCUT2D eigenvalue weighted by atomic mass is 10.1. The van der Waals surface area contributed by atoms with Gasteiger partial charge >= 0.3 is 5.97 Å². The second kappa shape index (κ2) is 6.85. The molecule has 1 amide bonds. The van der Waals surface area contributed by atoms with E-state index in [9.17, 15) is 9.59 Å². The number of nitrogens with one attached hydrogen (secondary N) is 2. The number of hydrogen-bond acceptors (Lipinski definition) is 4. The average Bonchev–Trinajstić information content (AvgIpc) is 2.86. The number of aromatic nitrogens is 2. The van der Waals surface area contributed by atoms with Crippen LogP contribution in [0.5, 0.6) is 0 Å². The van der Waals surface area contributed by atoms with Crippen LogP contribution in [-0.2, 0) is 20.7 Å². The van der Waals surface area contributed by atoms with Crippen LogP contribution in [0.25, 0.3) is 10.9 Å². The maximum atomic E-state index is 12.0. The maximum Gasteiger partial charge on any atom is 0.326 e. The zero-order valence-electron chi connectivity index (χ0n) is 11.6. The second-order valence-corrected chi connectivity index (χ2v) is 4.64. The van der Waals surface area contributed by atoms with Crippen LogP contribution < -0.4 is 5.32 Å². The first-order chi connectivity index (χ1) is 10.1. The summed E-state index contributed by atoms with van der Waals surface area (Å²) in [4.78, 5) is 23.0. The molecule has 2 rings (SSSR count). The summed E-state index contributed by atoms with van der Waals surface area (Å²) in [5.74, 6) is -1.44. The molecule has 0 aliphatic heterocycles. The Labute approximate surface area is 121 Å². The molecule has 21 heavy (non-hydrogen) atoms. The van der Waals surface area contributed by atoms with Gasteiger partial charge in [-0.05, 0) is 6.07 Å². The number of carbonyl (C=O) groups is 2. The quantitative estimate of drug-likeness (QED) is 0.697. The molecular formula is C14H17N3O4. The third kappa shape index (κ3) is 3.79. The van der Waals surface area contributed by atoms with Crippen molar-refractivity contribution in [3.8, 4) is 0 Å². The topological polar surface area (TPSA) is 104 Å². The van der Waals surface area contributed by atoms with Crippen molar-refractivity contribution in [1.82, 2.24) is 15.5 Å². The molecular weight excluding hydrogens is 274 g/mol. The third-order valence-corrected chi connectivity index (χ3v) is 3.12. The number of rotatable bonds is 7. The van der Waals surface area contributed by atoms with Crippen molar-refractivity contribution in [1.29, 1.82) is 0 Å². The molecule has 1 atom stereocenters. The molecule has 0 aliphatic carbocycles. The molecule has 0 saturated carbocycles. The number of hydrogen-bond donors (Lipinski definition) is 3. The summed E-state index contributed by atoms with van der Waals surface area (Å²) in [6.45, 7) is 0.268. The zero-order valence-corrected chi connectivity index (χ0v) is 11.6. The first kappa shape index (κ1) is 15.0. The lowest BCUT2D eigenvalue weighted by Crippen LogP contribution is -2.42. The molecule has 0 aliphatic rings. The van der Waals surface area contributed by atoms with Crippen molar-refractivity contribution < 1.29 is 19.4 Å². The van der Waals surface area contributed by atoms with Crippen LogP contribution in [0.4, 0.5) is 0 Å². The van der Waals surface area contributed by atoms with Gasteiger partial charge in [0.2, 0.25) is 5.91 Å². The number of fused-ring (bicyclic) bond motifs is 1. The molecule has 0 bridgehead atoms. The van der Waals surface area contributed by atoms with Gasteiger partial charge in [-0.15, -0.1) is 0 Å². The Kier molecular flexibility index (Phi) is 4.89. The van der Waals surface area contributed by atoms with Crippen LogP contribution in [-0.4, -0.2) is 46.9 Å². The molecule has 1 aromatic heterocycles. The van der Waals surface area contributed by atoms with Crippen LogP contribution >= 0.6 is 0 Å². The van der Waals surface area contributed by atoms with Gasteiger partial charge in [-0.2, -0.15) is 5.10 Å². The fourth-order valence-electron chi connectivity index (χ4n) is 2.05. The Morgan fingerprint density at radius 1 is 1.43 bits per heavy atom. The Morgan fingerprint density at radius 3 is 2.90 bits per heavy atom. The summed E-state index contributed by atoms with van der Waals surface area (Å²) >= 11 is 0. The van der Waals surface area contributed by atoms with Crippen molar-refractivity contribution >= 4 is 22.8 Å². The molecule has 1 aromatic carbocycles. The molecule has 3 N–H and O–H groups in total. The highest BCUT2D eigenvalue weighted by molar-refractivity contribution is 5.89. The SMILES string of the molecule is COCCC(NC(=O)Cc1[nH]nc2ccccc12)C(=O)O. The van der Waals surface area contributed by atoms with Gasteiger partial charge in [-0.25, -0.2) is 4.79 Å². The summed E-state index contributed by atoms with van der Waals surface area (Å²) in [5, 5.41) is 19.3. The van der Waals surface area contributed by atoms with Gasteiger partial charge in [0.25, 0.3) is 0 Å². The van der Waals surface area contributed by atoms with E-state index in [2.05, 4.69) is 15.5 Å². The van der Waals surface area contributed by atoms with E-state index in [4.69, 9.17) is 9.84 Å². The highest BCUT2D eigenvalue weighted by atomic mass is 16.5. The van der Waals surface area contributed by atoms with E-state index in [-0.39, 0.29) is 25.4 Å². The largest absolute Gasteiger partial charge is 0.480 e. The van der Waals surface area contributed by atoms with Crippen molar-refractivity contribution in [3.05, 3.63) is 30.0 Å². The van der Waals surface area contributed by atoms with Gasteiger partial charge in [0.15, 0.2) is 0 Å². The van der Waals surface area contributed by atoms with Crippen LogP contribution in [0.15, 0.2) is 24.3 Å². The van der Waals surface area contributed by atoms with E-state index in [1.807, 2.05) is 24.3 Å². The number of carbonyl (C=O) groups excluding carboxylic acids is 1. The fraction of sp³-hybridized carbons (Fsp3) is 0.357. The molecule has 0 saturated heterocycles. The normalized spacial score (nSPS) is 12.2. The van der Waals surface area contributed by atoms with E-state index in [0.29, 0.717) is 5.69 Å². The first-order valence-electron chi connectivity index (χ1n) is 6.55. The van der Waals surface area contributed by atoms with Gasteiger partial charge in [-0.1, -0.05) is 18.2 Å².